The highest BCUT2D eigenvalue weighted by molar-refractivity contribution is 9.24. The van der Waals surface area contributed by atoms with Gasteiger partial charge in [0, 0.05) is 12.3 Å². The first-order valence-corrected chi connectivity index (χ1v) is 5.79. The third kappa shape index (κ3) is 3.13. The predicted molar refractivity (Wildman–Crippen MR) is 61.1 cm³/mol. The third-order valence-electron chi connectivity index (χ3n) is 1.84. The molecule has 0 bridgehead atoms. The Kier molecular flexibility index (Phi) is 4.47. The van der Waals surface area contributed by atoms with Gasteiger partial charge >= 0.3 is 0 Å². The van der Waals surface area contributed by atoms with Crippen molar-refractivity contribution in [2.24, 2.45) is 0 Å². The fourth-order valence-electron chi connectivity index (χ4n) is 1.15. The van der Waals surface area contributed by atoms with Gasteiger partial charge in [-0.2, -0.15) is 5.26 Å². The minimum absolute atomic E-state index is 0.155. The average Bonchev–Trinajstić information content (AvgIpc) is 2.15. The summed E-state index contributed by atoms with van der Waals surface area (Å²) in [5, 5.41) is 8.66. The zero-order valence-corrected chi connectivity index (χ0v) is 10.1. The zero-order valence-electron chi connectivity index (χ0n) is 6.95. The second-order valence-corrected chi connectivity index (χ2v) is 5.92. The van der Waals surface area contributed by atoms with Gasteiger partial charge in [0.2, 0.25) is 0 Å². The molecular weight excluding hydrogens is 294 g/mol. The Labute approximate surface area is 95.0 Å². The van der Waals surface area contributed by atoms with Crippen LogP contribution in [-0.4, -0.2) is 3.74 Å². The van der Waals surface area contributed by atoms with Crippen LogP contribution in [0.2, 0.25) is 0 Å². The van der Waals surface area contributed by atoms with Crippen molar-refractivity contribution >= 4 is 31.9 Å². The topological polar surface area (TPSA) is 23.8 Å². The van der Waals surface area contributed by atoms with E-state index in [0.29, 0.717) is 6.42 Å². The summed E-state index contributed by atoms with van der Waals surface area (Å²) in [6.07, 6.45) is 0.519. The van der Waals surface area contributed by atoms with Crippen LogP contribution in [0.4, 0.5) is 0 Å². The molecule has 0 aliphatic carbocycles. The minimum atomic E-state index is 0.155. The van der Waals surface area contributed by atoms with Crippen LogP contribution in [-0.2, 0) is 0 Å². The Morgan fingerprint density at radius 1 is 1.23 bits per heavy atom. The molecule has 0 fully saturated rings. The Morgan fingerprint density at radius 2 is 1.85 bits per heavy atom. The molecule has 1 aromatic rings. The maximum atomic E-state index is 8.66. The molecule has 68 valence electrons. The van der Waals surface area contributed by atoms with E-state index in [4.69, 9.17) is 5.26 Å². The van der Waals surface area contributed by atoms with Crippen LogP contribution in [0.15, 0.2) is 30.3 Å². The molecule has 1 unspecified atom stereocenters. The monoisotopic (exact) mass is 301 g/mol. The van der Waals surface area contributed by atoms with E-state index in [1.807, 2.05) is 30.3 Å². The summed E-state index contributed by atoms with van der Waals surface area (Å²) >= 11 is 6.89. The molecule has 1 rings (SSSR count). The Bertz CT molecular complexity index is 290. The molecule has 0 aromatic heterocycles. The highest BCUT2D eigenvalue weighted by Crippen LogP contribution is 2.31. The molecule has 0 aliphatic rings. The molecule has 0 aliphatic heterocycles. The van der Waals surface area contributed by atoms with Crippen LogP contribution in [0.5, 0.6) is 0 Å². The fourth-order valence-corrected chi connectivity index (χ4v) is 2.14. The van der Waals surface area contributed by atoms with Crippen LogP contribution < -0.4 is 0 Å². The zero-order chi connectivity index (χ0) is 9.68. The molecule has 0 saturated carbocycles. The van der Waals surface area contributed by atoms with Gasteiger partial charge in [0.1, 0.15) is 0 Å². The normalized spacial score (nSPS) is 12.5. The molecule has 0 amide bonds. The van der Waals surface area contributed by atoms with Crippen molar-refractivity contribution < 1.29 is 0 Å². The lowest BCUT2D eigenvalue weighted by molar-refractivity contribution is 0.786. The smallest absolute Gasteiger partial charge is 0.0776 e. The molecule has 0 saturated heterocycles. The van der Waals surface area contributed by atoms with E-state index in [1.54, 1.807) is 0 Å². The van der Waals surface area contributed by atoms with Crippen molar-refractivity contribution in [2.45, 2.75) is 16.1 Å². The van der Waals surface area contributed by atoms with E-state index in [2.05, 4.69) is 37.9 Å². The number of benzene rings is 1. The van der Waals surface area contributed by atoms with Gasteiger partial charge in [0.05, 0.1) is 9.81 Å². The van der Waals surface area contributed by atoms with Crippen molar-refractivity contribution in [3.63, 3.8) is 0 Å². The second-order valence-electron chi connectivity index (χ2n) is 2.71. The molecule has 0 spiro atoms. The standard InChI is InChI=1S/C10H9Br2N/c11-10(12)9(6-7-13)8-4-2-1-3-5-8/h1-5,9-10H,6H2. The van der Waals surface area contributed by atoms with Crippen LogP contribution in [0.1, 0.15) is 17.9 Å². The molecule has 13 heavy (non-hydrogen) atoms. The first kappa shape index (κ1) is 10.7. The number of hydrogen-bond donors (Lipinski definition) is 0. The van der Waals surface area contributed by atoms with Gasteiger partial charge in [-0.3, -0.25) is 0 Å². The lowest BCUT2D eigenvalue weighted by Gasteiger charge is -2.14. The maximum absolute atomic E-state index is 8.66. The summed E-state index contributed by atoms with van der Waals surface area (Å²) in [5.74, 6) is 0.214. The highest BCUT2D eigenvalue weighted by Gasteiger charge is 2.17. The summed E-state index contributed by atoms with van der Waals surface area (Å²) in [6, 6.07) is 12.2. The summed E-state index contributed by atoms with van der Waals surface area (Å²) in [4.78, 5) is 0. The van der Waals surface area contributed by atoms with Gasteiger partial charge in [-0.15, -0.1) is 0 Å². The van der Waals surface area contributed by atoms with E-state index >= 15 is 0 Å². The van der Waals surface area contributed by atoms with Gasteiger partial charge in [-0.1, -0.05) is 62.2 Å². The first-order chi connectivity index (χ1) is 6.25. The summed E-state index contributed by atoms with van der Waals surface area (Å²) in [6.45, 7) is 0. The fraction of sp³-hybridized carbons (Fsp3) is 0.300. The number of alkyl halides is 2. The van der Waals surface area contributed by atoms with E-state index in [1.165, 1.54) is 5.56 Å². The summed E-state index contributed by atoms with van der Waals surface area (Å²) in [5.41, 5.74) is 1.18. The average molecular weight is 303 g/mol. The molecule has 3 heteroatoms. The Morgan fingerprint density at radius 3 is 2.31 bits per heavy atom. The van der Waals surface area contributed by atoms with E-state index < -0.39 is 0 Å². The third-order valence-corrected chi connectivity index (χ3v) is 3.12. The van der Waals surface area contributed by atoms with Gasteiger partial charge in [-0.05, 0) is 5.56 Å². The molecule has 1 atom stereocenters. The van der Waals surface area contributed by atoms with Crippen molar-refractivity contribution in [1.29, 1.82) is 5.26 Å². The number of hydrogen-bond acceptors (Lipinski definition) is 1. The van der Waals surface area contributed by atoms with Gasteiger partial charge < -0.3 is 0 Å². The lowest BCUT2D eigenvalue weighted by atomic mass is 9.99. The van der Waals surface area contributed by atoms with Crippen molar-refractivity contribution in [2.75, 3.05) is 0 Å². The van der Waals surface area contributed by atoms with Crippen LogP contribution >= 0.6 is 31.9 Å². The number of halogens is 2. The Hall–Kier alpha value is -0.330. The summed E-state index contributed by atoms with van der Waals surface area (Å²) < 4.78 is 0.155. The molecule has 0 N–H and O–H groups in total. The Balaban J connectivity index is 2.84. The van der Waals surface area contributed by atoms with Crippen molar-refractivity contribution in [3.8, 4) is 6.07 Å². The van der Waals surface area contributed by atoms with E-state index in [-0.39, 0.29) is 9.65 Å². The van der Waals surface area contributed by atoms with Gasteiger partial charge in [0.15, 0.2) is 0 Å². The lowest BCUT2D eigenvalue weighted by Crippen LogP contribution is -2.05. The van der Waals surface area contributed by atoms with Gasteiger partial charge in [0.25, 0.3) is 0 Å². The van der Waals surface area contributed by atoms with Gasteiger partial charge in [-0.25, -0.2) is 0 Å². The number of nitrogens with zero attached hydrogens (tertiary/aromatic N) is 1. The highest BCUT2D eigenvalue weighted by atomic mass is 79.9. The van der Waals surface area contributed by atoms with Crippen molar-refractivity contribution in [3.05, 3.63) is 35.9 Å². The second kappa shape index (κ2) is 5.41. The largest absolute Gasteiger partial charge is 0.198 e. The molecule has 1 nitrogen and oxygen atoms in total. The molecule has 0 radical (unpaired) electrons. The first-order valence-electron chi connectivity index (χ1n) is 3.95. The van der Waals surface area contributed by atoms with E-state index in [9.17, 15) is 0 Å². The quantitative estimate of drug-likeness (QED) is 0.779. The van der Waals surface area contributed by atoms with E-state index in [0.717, 1.165) is 0 Å². The summed E-state index contributed by atoms with van der Waals surface area (Å²) in [7, 11) is 0. The molecule has 1 aromatic carbocycles. The number of rotatable bonds is 3. The minimum Gasteiger partial charge on any atom is -0.198 e. The molecule has 0 heterocycles. The van der Waals surface area contributed by atoms with Crippen LogP contribution in [0, 0.1) is 11.3 Å². The van der Waals surface area contributed by atoms with Crippen molar-refractivity contribution in [1.82, 2.24) is 0 Å². The SMILES string of the molecule is N#CCC(c1ccccc1)C(Br)Br. The number of nitriles is 1. The molecular formula is C10H9Br2N. The van der Waals surface area contributed by atoms with Crippen LogP contribution in [0.25, 0.3) is 0 Å². The van der Waals surface area contributed by atoms with Crippen LogP contribution in [0.3, 0.4) is 0 Å². The maximum Gasteiger partial charge on any atom is 0.0776 e. The predicted octanol–water partition coefficient (Wildman–Crippen LogP) is 3.80.